The Morgan fingerprint density at radius 2 is 2.31 bits per heavy atom. The molecule has 0 aliphatic carbocycles. The molecule has 16 heavy (non-hydrogen) atoms. The Morgan fingerprint density at radius 3 is 2.81 bits per heavy atom. The molecule has 0 spiro atoms. The molecule has 0 aromatic carbocycles. The van der Waals surface area contributed by atoms with Crippen molar-refractivity contribution in [2.45, 2.75) is 32.7 Å². The predicted octanol–water partition coefficient (Wildman–Crippen LogP) is 1.78. The summed E-state index contributed by atoms with van der Waals surface area (Å²) in [5.41, 5.74) is 6.70. The van der Waals surface area contributed by atoms with Crippen LogP contribution in [0.3, 0.4) is 0 Å². The molecule has 0 aliphatic heterocycles. The van der Waals surface area contributed by atoms with Gasteiger partial charge in [-0.05, 0) is 34.7 Å². The second kappa shape index (κ2) is 6.66. The first kappa shape index (κ1) is 13.2. The molecule has 1 aromatic rings. The standard InChI is InChI=1S/C12H20N2OS/c1-9(2)5-11(7-13)14-12(15)6-10-3-4-16-8-10/h3-4,8-9,11H,5-7,13H2,1-2H3,(H,14,15). The van der Waals surface area contributed by atoms with Crippen LogP contribution in [0.5, 0.6) is 0 Å². The third kappa shape index (κ3) is 4.77. The Kier molecular flexibility index (Phi) is 5.49. The van der Waals surface area contributed by atoms with Crippen molar-refractivity contribution >= 4 is 17.2 Å². The maximum absolute atomic E-state index is 11.7. The van der Waals surface area contributed by atoms with Crippen molar-refractivity contribution in [3.8, 4) is 0 Å². The fourth-order valence-corrected chi connectivity index (χ4v) is 2.31. The number of amides is 1. The van der Waals surface area contributed by atoms with Gasteiger partial charge in [0.05, 0.1) is 6.42 Å². The summed E-state index contributed by atoms with van der Waals surface area (Å²) < 4.78 is 0. The van der Waals surface area contributed by atoms with Crippen LogP contribution in [0, 0.1) is 5.92 Å². The Bertz CT molecular complexity index is 309. The fourth-order valence-electron chi connectivity index (χ4n) is 1.64. The molecule has 1 atom stereocenters. The summed E-state index contributed by atoms with van der Waals surface area (Å²) in [7, 11) is 0. The number of hydrogen-bond donors (Lipinski definition) is 2. The average molecular weight is 240 g/mol. The third-order valence-corrected chi connectivity index (χ3v) is 3.08. The molecule has 90 valence electrons. The zero-order chi connectivity index (χ0) is 12.0. The van der Waals surface area contributed by atoms with E-state index in [1.165, 1.54) is 0 Å². The summed E-state index contributed by atoms with van der Waals surface area (Å²) in [6, 6.07) is 2.08. The number of rotatable bonds is 6. The highest BCUT2D eigenvalue weighted by Crippen LogP contribution is 2.07. The van der Waals surface area contributed by atoms with E-state index in [2.05, 4.69) is 19.2 Å². The molecule has 1 aromatic heterocycles. The number of nitrogens with one attached hydrogen (secondary N) is 1. The van der Waals surface area contributed by atoms with Gasteiger partial charge in [0.2, 0.25) is 5.91 Å². The Labute approximate surface area is 101 Å². The minimum absolute atomic E-state index is 0.0644. The van der Waals surface area contributed by atoms with Crippen LogP contribution in [0.4, 0.5) is 0 Å². The van der Waals surface area contributed by atoms with Gasteiger partial charge >= 0.3 is 0 Å². The molecule has 1 rings (SSSR count). The van der Waals surface area contributed by atoms with Gasteiger partial charge in [0.1, 0.15) is 0 Å². The van der Waals surface area contributed by atoms with Gasteiger partial charge in [-0.3, -0.25) is 4.79 Å². The largest absolute Gasteiger partial charge is 0.352 e. The van der Waals surface area contributed by atoms with Crippen molar-refractivity contribution < 1.29 is 4.79 Å². The summed E-state index contributed by atoms with van der Waals surface area (Å²) in [6.07, 6.45) is 1.39. The van der Waals surface area contributed by atoms with Crippen molar-refractivity contribution in [3.05, 3.63) is 22.4 Å². The van der Waals surface area contributed by atoms with Crippen molar-refractivity contribution in [1.29, 1.82) is 0 Å². The van der Waals surface area contributed by atoms with E-state index < -0.39 is 0 Å². The van der Waals surface area contributed by atoms with Gasteiger partial charge in [-0.1, -0.05) is 13.8 Å². The molecule has 0 radical (unpaired) electrons. The highest BCUT2D eigenvalue weighted by atomic mass is 32.1. The van der Waals surface area contributed by atoms with Gasteiger partial charge in [0, 0.05) is 12.6 Å². The van der Waals surface area contributed by atoms with E-state index in [0.29, 0.717) is 18.9 Å². The van der Waals surface area contributed by atoms with E-state index in [9.17, 15) is 4.79 Å². The van der Waals surface area contributed by atoms with E-state index >= 15 is 0 Å². The topological polar surface area (TPSA) is 55.1 Å². The highest BCUT2D eigenvalue weighted by Gasteiger charge is 2.12. The van der Waals surface area contributed by atoms with Crippen molar-refractivity contribution in [1.82, 2.24) is 5.32 Å². The third-order valence-electron chi connectivity index (χ3n) is 2.35. The molecule has 4 heteroatoms. The molecule has 1 heterocycles. The molecule has 0 fully saturated rings. The Balaban J connectivity index is 2.37. The van der Waals surface area contributed by atoms with Gasteiger partial charge in [0.15, 0.2) is 0 Å². The predicted molar refractivity (Wildman–Crippen MR) is 68.5 cm³/mol. The highest BCUT2D eigenvalue weighted by molar-refractivity contribution is 7.07. The number of nitrogens with two attached hydrogens (primary N) is 1. The maximum atomic E-state index is 11.7. The second-order valence-corrected chi connectivity index (χ2v) is 5.22. The van der Waals surface area contributed by atoms with Gasteiger partial charge in [-0.2, -0.15) is 11.3 Å². The molecular weight excluding hydrogens is 220 g/mol. The first-order valence-electron chi connectivity index (χ1n) is 5.62. The maximum Gasteiger partial charge on any atom is 0.224 e. The number of hydrogen-bond acceptors (Lipinski definition) is 3. The van der Waals surface area contributed by atoms with Gasteiger partial charge in [-0.25, -0.2) is 0 Å². The summed E-state index contributed by atoms with van der Waals surface area (Å²) in [5.74, 6) is 0.615. The lowest BCUT2D eigenvalue weighted by Crippen LogP contribution is -2.41. The zero-order valence-electron chi connectivity index (χ0n) is 9.90. The normalized spacial score (nSPS) is 12.8. The monoisotopic (exact) mass is 240 g/mol. The molecular formula is C12H20N2OS. The molecule has 1 unspecified atom stereocenters. The van der Waals surface area contributed by atoms with E-state index in [0.717, 1.165) is 12.0 Å². The minimum atomic E-state index is 0.0644. The lowest BCUT2D eigenvalue weighted by molar-refractivity contribution is -0.121. The molecule has 0 saturated heterocycles. The van der Waals surface area contributed by atoms with Crippen LogP contribution >= 0.6 is 11.3 Å². The summed E-state index contributed by atoms with van der Waals surface area (Å²) in [4.78, 5) is 11.7. The number of carbonyl (C=O) groups is 1. The fraction of sp³-hybridized carbons (Fsp3) is 0.583. The Morgan fingerprint density at radius 1 is 1.56 bits per heavy atom. The van der Waals surface area contributed by atoms with Crippen molar-refractivity contribution in [3.63, 3.8) is 0 Å². The number of thiophene rings is 1. The SMILES string of the molecule is CC(C)CC(CN)NC(=O)Cc1ccsc1. The van der Waals surface area contributed by atoms with Gasteiger partial charge < -0.3 is 11.1 Å². The summed E-state index contributed by atoms with van der Waals surface area (Å²) in [6.45, 7) is 4.77. The molecule has 3 N–H and O–H groups in total. The lowest BCUT2D eigenvalue weighted by Gasteiger charge is -2.18. The molecule has 0 saturated carbocycles. The lowest BCUT2D eigenvalue weighted by atomic mass is 10.0. The average Bonchev–Trinajstić information content (AvgIpc) is 2.68. The van der Waals surface area contributed by atoms with Gasteiger partial charge in [-0.15, -0.1) is 0 Å². The number of carbonyl (C=O) groups excluding carboxylic acids is 1. The molecule has 1 amide bonds. The van der Waals surface area contributed by atoms with Crippen LogP contribution in [0.25, 0.3) is 0 Å². The molecule has 0 bridgehead atoms. The Hall–Kier alpha value is -0.870. The molecule has 3 nitrogen and oxygen atoms in total. The van der Waals surface area contributed by atoms with E-state index in [-0.39, 0.29) is 11.9 Å². The van der Waals surface area contributed by atoms with Crippen molar-refractivity contribution in [2.24, 2.45) is 11.7 Å². The first-order chi connectivity index (χ1) is 7.61. The van der Waals surface area contributed by atoms with E-state index in [4.69, 9.17) is 5.73 Å². The van der Waals surface area contributed by atoms with Crippen LogP contribution in [0.2, 0.25) is 0 Å². The first-order valence-corrected chi connectivity index (χ1v) is 6.56. The van der Waals surface area contributed by atoms with Crippen LogP contribution in [0.1, 0.15) is 25.8 Å². The van der Waals surface area contributed by atoms with Crippen LogP contribution in [-0.2, 0) is 11.2 Å². The minimum Gasteiger partial charge on any atom is -0.352 e. The second-order valence-electron chi connectivity index (χ2n) is 4.44. The van der Waals surface area contributed by atoms with Crippen LogP contribution < -0.4 is 11.1 Å². The molecule has 0 aliphatic rings. The van der Waals surface area contributed by atoms with Gasteiger partial charge in [0.25, 0.3) is 0 Å². The van der Waals surface area contributed by atoms with E-state index in [1.54, 1.807) is 11.3 Å². The van der Waals surface area contributed by atoms with Crippen LogP contribution in [-0.4, -0.2) is 18.5 Å². The zero-order valence-corrected chi connectivity index (χ0v) is 10.7. The quantitative estimate of drug-likeness (QED) is 0.796. The van der Waals surface area contributed by atoms with Crippen molar-refractivity contribution in [2.75, 3.05) is 6.54 Å². The summed E-state index contributed by atoms with van der Waals surface area (Å²) >= 11 is 1.61. The van der Waals surface area contributed by atoms with E-state index in [1.807, 2.05) is 16.8 Å². The smallest absolute Gasteiger partial charge is 0.224 e. The summed E-state index contributed by atoms with van der Waals surface area (Å²) in [5, 5.41) is 6.96. The van der Waals surface area contributed by atoms with Crippen LogP contribution in [0.15, 0.2) is 16.8 Å².